The van der Waals surface area contributed by atoms with Crippen LogP contribution < -0.4 is 10.5 Å². The number of anilines is 1. The highest BCUT2D eigenvalue weighted by Crippen LogP contribution is 2.32. The zero-order chi connectivity index (χ0) is 10.6. The largest absolute Gasteiger partial charge is 0.491 e. The van der Waals surface area contributed by atoms with Crippen molar-refractivity contribution in [2.75, 3.05) is 12.3 Å². The van der Waals surface area contributed by atoms with Crippen molar-refractivity contribution >= 4 is 33.2 Å². The Kier molecular flexibility index (Phi) is 4.55. The van der Waals surface area contributed by atoms with Gasteiger partial charge < -0.3 is 10.5 Å². The van der Waals surface area contributed by atoms with Crippen molar-refractivity contribution in [2.45, 2.75) is 19.8 Å². The van der Waals surface area contributed by atoms with Crippen molar-refractivity contribution in [3.63, 3.8) is 0 Å². The molecule has 4 heteroatoms. The predicted molar refractivity (Wildman–Crippen MR) is 64.0 cm³/mol. The minimum atomic E-state index is 0.578. The average molecular weight is 279 g/mol. The second-order valence-electron chi connectivity index (χ2n) is 3.01. The topological polar surface area (TPSA) is 35.2 Å². The average Bonchev–Trinajstić information content (AvgIpc) is 2.14. The molecule has 0 amide bonds. The van der Waals surface area contributed by atoms with E-state index in [4.69, 9.17) is 22.1 Å². The Morgan fingerprint density at radius 1 is 1.50 bits per heavy atom. The van der Waals surface area contributed by atoms with Crippen molar-refractivity contribution in [3.8, 4) is 5.75 Å². The fourth-order valence-corrected chi connectivity index (χ4v) is 1.49. The molecule has 0 saturated heterocycles. The molecule has 0 radical (unpaired) electrons. The highest BCUT2D eigenvalue weighted by molar-refractivity contribution is 9.10. The summed E-state index contributed by atoms with van der Waals surface area (Å²) in [5.74, 6) is 0.690. The van der Waals surface area contributed by atoms with E-state index in [1.54, 1.807) is 12.1 Å². The van der Waals surface area contributed by atoms with Crippen LogP contribution in [0.5, 0.6) is 5.75 Å². The summed E-state index contributed by atoms with van der Waals surface area (Å²) in [6, 6.07) is 3.49. The van der Waals surface area contributed by atoms with E-state index in [0.29, 0.717) is 23.1 Å². The number of rotatable bonds is 4. The first-order valence-corrected chi connectivity index (χ1v) is 5.69. The zero-order valence-electron chi connectivity index (χ0n) is 8.02. The number of halogens is 2. The lowest BCUT2D eigenvalue weighted by molar-refractivity contribution is 0.311. The lowest BCUT2D eigenvalue weighted by atomic mass is 10.3. The van der Waals surface area contributed by atoms with Crippen LogP contribution in [0.3, 0.4) is 0 Å². The van der Waals surface area contributed by atoms with Gasteiger partial charge in [-0.05, 0) is 34.5 Å². The van der Waals surface area contributed by atoms with E-state index in [1.807, 2.05) is 0 Å². The van der Waals surface area contributed by atoms with Crippen molar-refractivity contribution in [1.29, 1.82) is 0 Å². The van der Waals surface area contributed by atoms with Crippen LogP contribution in [0, 0.1) is 0 Å². The van der Waals surface area contributed by atoms with E-state index in [9.17, 15) is 0 Å². The molecule has 0 aliphatic carbocycles. The van der Waals surface area contributed by atoms with Crippen LogP contribution in [0.1, 0.15) is 19.8 Å². The molecule has 0 heterocycles. The molecule has 0 aliphatic rings. The molecule has 78 valence electrons. The Balaban J connectivity index is 2.72. The number of nitrogen functional groups attached to an aromatic ring is 1. The highest BCUT2D eigenvalue weighted by Gasteiger charge is 2.05. The summed E-state index contributed by atoms with van der Waals surface area (Å²) < 4.78 is 6.30. The maximum Gasteiger partial charge on any atom is 0.143 e. The fourth-order valence-electron chi connectivity index (χ4n) is 0.995. The van der Waals surface area contributed by atoms with Gasteiger partial charge in [-0.3, -0.25) is 0 Å². The van der Waals surface area contributed by atoms with Crippen LogP contribution in [-0.4, -0.2) is 6.61 Å². The van der Waals surface area contributed by atoms with Crippen LogP contribution in [0.15, 0.2) is 16.6 Å². The Bertz CT molecular complexity index is 317. The summed E-state index contributed by atoms with van der Waals surface area (Å²) in [6.07, 6.45) is 2.13. The molecular weight excluding hydrogens is 265 g/mol. The van der Waals surface area contributed by atoms with E-state index in [1.165, 1.54) is 0 Å². The molecule has 0 atom stereocenters. The molecule has 0 bridgehead atoms. The number of hydrogen-bond donors (Lipinski definition) is 1. The molecule has 1 aromatic carbocycles. The van der Waals surface area contributed by atoms with Gasteiger partial charge in [-0.1, -0.05) is 24.9 Å². The Labute approximate surface area is 97.5 Å². The summed E-state index contributed by atoms with van der Waals surface area (Å²) in [5, 5.41) is 0.602. The molecule has 1 rings (SSSR count). The molecule has 2 nitrogen and oxygen atoms in total. The summed E-state index contributed by atoms with van der Waals surface area (Å²) in [6.45, 7) is 2.80. The number of unbranched alkanes of at least 4 members (excludes halogenated alkanes) is 1. The third kappa shape index (κ3) is 3.07. The second kappa shape index (κ2) is 5.47. The van der Waals surface area contributed by atoms with Crippen LogP contribution >= 0.6 is 27.5 Å². The molecule has 0 aliphatic heterocycles. The molecule has 2 N–H and O–H groups in total. The number of benzene rings is 1. The van der Waals surface area contributed by atoms with Gasteiger partial charge in [0.05, 0.1) is 17.3 Å². The smallest absolute Gasteiger partial charge is 0.143 e. The van der Waals surface area contributed by atoms with Crippen LogP contribution in [0.4, 0.5) is 5.69 Å². The fraction of sp³-hybridized carbons (Fsp3) is 0.400. The minimum absolute atomic E-state index is 0.578. The summed E-state index contributed by atoms with van der Waals surface area (Å²) in [4.78, 5) is 0. The Morgan fingerprint density at radius 3 is 2.86 bits per heavy atom. The van der Waals surface area contributed by atoms with E-state index in [-0.39, 0.29) is 0 Å². The van der Waals surface area contributed by atoms with E-state index < -0.39 is 0 Å². The lowest BCUT2D eigenvalue weighted by Crippen LogP contribution is -2.00. The molecule has 0 unspecified atom stereocenters. The first-order valence-electron chi connectivity index (χ1n) is 4.52. The standard InChI is InChI=1S/C10H13BrClNO/c1-2-3-4-14-10-5-7(11)8(12)6-9(10)13/h5-6H,2-4,13H2,1H3. The first-order chi connectivity index (χ1) is 6.65. The van der Waals surface area contributed by atoms with Gasteiger partial charge in [0, 0.05) is 4.47 Å². The molecule has 0 fully saturated rings. The van der Waals surface area contributed by atoms with Gasteiger partial charge in [0.15, 0.2) is 0 Å². The second-order valence-corrected chi connectivity index (χ2v) is 4.27. The maximum atomic E-state index is 5.86. The van der Waals surface area contributed by atoms with Crippen molar-refractivity contribution < 1.29 is 4.74 Å². The van der Waals surface area contributed by atoms with Gasteiger partial charge in [-0.2, -0.15) is 0 Å². The first kappa shape index (κ1) is 11.7. The van der Waals surface area contributed by atoms with Crippen molar-refractivity contribution in [3.05, 3.63) is 21.6 Å². The summed E-state index contributed by atoms with van der Waals surface area (Å²) in [7, 11) is 0. The summed E-state index contributed by atoms with van der Waals surface area (Å²) >= 11 is 9.19. The van der Waals surface area contributed by atoms with Gasteiger partial charge in [0.1, 0.15) is 5.75 Å². The number of nitrogens with two attached hydrogens (primary N) is 1. The molecule has 0 aromatic heterocycles. The third-order valence-corrected chi connectivity index (χ3v) is 3.01. The van der Waals surface area contributed by atoms with E-state index >= 15 is 0 Å². The summed E-state index contributed by atoms with van der Waals surface area (Å²) in [5.41, 5.74) is 6.32. The SMILES string of the molecule is CCCCOc1cc(Br)c(Cl)cc1N. The molecular formula is C10H13BrClNO. The van der Waals surface area contributed by atoms with Gasteiger partial charge in [-0.25, -0.2) is 0 Å². The van der Waals surface area contributed by atoms with Crippen LogP contribution in [0.25, 0.3) is 0 Å². The van der Waals surface area contributed by atoms with Gasteiger partial charge in [-0.15, -0.1) is 0 Å². The van der Waals surface area contributed by atoms with Gasteiger partial charge >= 0.3 is 0 Å². The van der Waals surface area contributed by atoms with Crippen molar-refractivity contribution in [2.24, 2.45) is 0 Å². The Hall–Kier alpha value is -0.410. The minimum Gasteiger partial charge on any atom is -0.491 e. The van der Waals surface area contributed by atoms with Gasteiger partial charge in [0.25, 0.3) is 0 Å². The normalized spacial score (nSPS) is 10.2. The van der Waals surface area contributed by atoms with Gasteiger partial charge in [0.2, 0.25) is 0 Å². The van der Waals surface area contributed by atoms with Crippen LogP contribution in [0.2, 0.25) is 5.02 Å². The molecule has 0 saturated carbocycles. The van der Waals surface area contributed by atoms with Crippen LogP contribution in [-0.2, 0) is 0 Å². The number of ether oxygens (including phenoxy) is 1. The highest BCUT2D eigenvalue weighted by atomic mass is 79.9. The number of hydrogen-bond acceptors (Lipinski definition) is 2. The Morgan fingerprint density at radius 2 is 2.21 bits per heavy atom. The van der Waals surface area contributed by atoms with E-state index in [2.05, 4.69) is 22.9 Å². The lowest BCUT2D eigenvalue weighted by Gasteiger charge is -2.09. The molecule has 1 aromatic rings. The molecule has 14 heavy (non-hydrogen) atoms. The van der Waals surface area contributed by atoms with Crippen molar-refractivity contribution in [1.82, 2.24) is 0 Å². The maximum absolute atomic E-state index is 5.86. The predicted octanol–water partition coefficient (Wildman–Crippen LogP) is 3.86. The molecule has 0 spiro atoms. The third-order valence-electron chi connectivity index (χ3n) is 1.81. The van der Waals surface area contributed by atoms with E-state index in [0.717, 1.165) is 17.3 Å². The monoisotopic (exact) mass is 277 g/mol. The zero-order valence-corrected chi connectivity index (χ0v) is 10.4. The quantitative estimate of drug-likeness (QED) is 0.670.